The van der Waals surface area contributed by atoms with Crippen molar-refractivity contribution in [3.8, 4) is 5.82 Å². The zero-order valence-electron chi connectivity index (χ0n) is 12.0. The number of aromatic nitrogens is 4. The number of nitrogens with zero attached hydrogens (tertiary/aromatic N) is 5. The maximum atomic E-state index is 12.0. The Labute approximate surface area is 122 Å². The van der Waals surface area contributed by atoms with E-state index in [4.69, 9.17) is 0 Å². The lowest BCUT2D eigenvalue weighted by Gasteiger charge is -2.28. The van der Waals surface area contributed by atoms with Crippen LogP contribution in [0.25, 0.3) is 5.82 Å². The SMILES string of the molecule is Cc1nc2n(n1)-c1nccc(NC(=O)C3CC3)c1N(C)C2. The third-order valence-electron chi connectivity index (χ3n) is 3.85. The minimum Gasteiger partial charge on any atom is -0.362 e. The number of carbonyl (C=O) groups excluding carboxylic acids is 1. The highest BCUT2D eigenvalue weighted by Crippen LogP contribution is 2.37. The summed E-state index contributed by atoms with van der Waals surface area (Å²) >= 11 is 0. The Kier molecular flexibility index (Phi) is 2.51. The number of hydrogen-bond donors (Lipinski definition) is 1. The first-order valence-corrected chi connectivity index (χ1v) is 7.07. The summed E-state index contributed by atoms with van der Waals surface area (Å²) < 4.78 is 1.76. The molecule has 108 valence electrons. The average Bonchev–Trinajstić information content (AvgIpc) is 3.22. The zero-order valence-corrected chi connectivity index (χ0v) is 12.0. The van der Waals surface area contributed by atoms with E-state index in [1.807, 2.05) is 24.9 Å². The lowest BCUT2D eigenvalue weighted by Crippen LogP contribution is -2.29. The molecule has 0 atom stereocenters. The number of fused-ring (bicyclic) bond motifs is 3. The number of hydrogen-bond acceptors (Lipinski definition) is 5. The zero-order chi connectivity index (χ0) is 14.6. The fourth-order valence-corrected chi connectivity index (χ4v) is 2.68. The van der Waals surface area contributed by atoms with Gasteiger partial charge >= 0.3 is 0 Å². The van der Waals surface area contributed by atoms with Gasteiger partial charge in [-0.2, -0.15) is 4.68 Å². The molecule has 0 saturated heterocycles. The molecule has 0 spiro atoms. The molecule has 7 nitrogen and oxygen atoms in total. The van der Waals surface area contributed by atoms with E-state index in [1.165, 1.54) is 0 Å². The number of nitrogens with one attached hydrogen (secondary N) is 1. The van der Waals surface area contributed by atoms with Crippen LogP contribution in [-0.4, -0.2) is 32.7 Å². The van der Waals surface area contributed by atoms with Crippen LogP contribution in [0.1, 0.15) is 24.5 Å². The molecule has 21 heavy (non-hydrogen) atoms. The highest BCUT2D eigenvalue weighted by Gasteiger charge is 2.32. The summed E-state index contributed by atoms with van der Waals surface area (Å²) in [7, 11) is 1.97. The second kappa shape index (κ2) is 4.28. The lowest BCUT2D eigenvalue weighted by atomic mass is 10.2. The molecule has 1 aliphatic heterocycles. The highest BCUT2D eigenvalue weighted by atomic mass is 16.2. The molecule has 2 aromatic rings. The van der Waals surface area contributed by atoms with Crippen LogP contribution < -0.4 is 10.2 Å². The smallest absolute Gasteiger partial charge is 0.227 e. The quantitative estimate of drug-likeness (QED) is 0.898. The summed E-state index contributed by atoms with van der Waals surface area (Å²) in [5, 5.41) is 7.42. The van der Waals surface area contributed by atoms with Crippen molar-refractivity contribution in [2.75, 3.05) is 17.3 Å². The Morgan fingerprint density at radius 2 is 2.24 bits per heavy atom. The normalized spacial score (nSPS) is 16.4. The minimum absolute atomic E-state index is 0.0948. The first kappa shape index (κ1) is 12.3. The van der Waals surface area contributed by atoms with Crippen molar-refractivity contribution in [1.82, 2.24) is 19.7 Å². The molecular formula is C14H16N6O. The molecule has 2 aliphatic rings. The van der Waals surface area contributed by atoms with Crippen molar-refractivity contribution in [3.63, 3.8) is 0 Å². The van der Waals surface area contributed by atoms with Crippen molar-refractivity contribution in [2.45, 2.75) is 26.3 Å². The fraction of sp³-hybridized carbons (Fsp3) is 0.429. The Bertz CT molecular complexity index is 733. The van der Waals surface area contributed by atoms with Crippen LogP contribution in [0.15, 0.2) is 12.3 Å². The molecule has 0 bridgehead atoms. The van der Waals surface area contributed by atoms with Crippen LogP contribution in [0, 0.1) is 12.8 Å². The van der Waals surface area contributed by atoms with E-state index < -0.39 is 0 Å². The van der Waals surface area contributed by atoms with Gasteiger partial charge in [0.15, 0.2) is 11.6 Å². The molecule has 3 heterocycles. The van der Waals surface area contributed by atoms with E-state index in [-0.39, 0.29) is 11.8 Å². The standard InChI is InChI=1S/C14H16N6O/c1-8-16-11-7-19(2)12-10(17-14(21)9-3-4-9)5-6-15-13(12)20(11)18-8/h5-6,9H,3-4,7H2,1-2H3,(H,15,17,21). The molecule has 0 aromatic carbocycles. The van der Waals surface area contributed by atoms with Gasteiger partial charge in [0.25, 0.3) is 0 Å². The van der Waals surface area contributed by atoms with Gasteiger partial charge in [-0.3, -0.25) is 4.79 Å². The van der Waals surface area contributed by atoms with E-state index in [2.05, 4.69) is 20.4 Å². The molecule has 1 amide bonds. The van der Waals surface area contributed by atoms with E-state index >= 15 is 0 Å². The Morgan fingerprint density at radius 1 is 1.43 bits per heavy atom. The second-order valence-electron chi connectivity index (χ2n) is 5.64. The third-order valence-corrected chi connectivity index (χ3v) is 3.85. The number of amides is 1. The van der Waals surface area contributed by atoms with Crippen LogP contribution in [0.3, 0.4) is 0 Å². The van der Waals surface area contributed by atoms with Gasteiger partial charge in [0.2, 0.25) is 5.91 Å². The number of rotatable bonds is 2. The van der Waals surface area contributed by atoms with E-state index in [0.29, 0.717) is 12.4 Å². The van der Waals surface area contributed by atoms with Crippen molar-refractivity contribution in [2.24, 2.45) is 5.92 Å². The van der Waals surface area contributed by atoms with Crippen molar-refractivity contribution in [3.05, 3.63) is 23.9 Å². The average molecular weight is 284 g/mol. The second-order valence-corrected chi connectivity index (χ2v) is 5.64. The summed E-state index contributed by atoms with van der Waals surface area (Å²) in [5.41, 5.74) is 1.68. The van der Waals surface area contributed by atoms with Crippen LogP contribution in [0.4, 0.5) is 11.4 Å². The number of anilines is 2. The Balaban J connectivity index is 1.80. The molecule has 2 aromatic heterocycles. The van der Waals surface area contributed by atoms with Crippen molar-refractivity contribution >= 4 is 17.3 Å². The molecule has 0 radical (unpaired) electrons. The van der Waals surface area contributed by atoms with Gasteiger partial charge in [0.1, 0.15) is 11.5 Å². The highest BCUT2D eigenvalue weighted by molar-refractivity contribution is 5.98. The largest absolute Gasteiger partial charge is 0.362 e. The molecule has 4 rings (SSSR count). The molecular weight excluding hydrogens is 268 g/mol. The first-order valence-electron chi connectivity index (χ1n) is 7.07. The van der Waals surface area contributed by atoms with Crippen molar-refractivity contribution < 1.29 is 4.79 Å². The Hall–Kier alpha value is -2.44. The summed E-state index contributed by atoms with van der Waals surface area (Å²) in [6, 6.07) is 1.84. The van der Waals surface area contributed by atoms with Gasteiger partial charge in [-0.15, -0.1) is 5.10 Å². The molecule has 1 N–H and O–H groups in total. The lowest BCUT2D eigenvalue weighted by molar-refractivity contribution is -0.117. The monoisotopic (exact) mass is 284 g/mol. The maximum absolute atomic E-state index is 12.0. The van der Waals surface area contributed by atoms with Gasteiger partial charge in [-0.05, 0) is 25.8 Å². The predicted molar refractivity (Wildman–Crippen MR) is 77.4 cm³/mol. The van der Waals surface area contributed by atoms with Crippen molar-refractivity contribution in [1.29, 1.82) is 0 Å². The topological polar surface area (TPSA) is 75.9 Å². The number of aryl methyl sites for hydroxylation is 1. The molecule has 1 saturated carbocycles. The maximum Gasteiger partial charge on any atom is 0.227 e. The summed E-state index contributed by atoms with van der Waals surface area (Å²) in [6.45, 7) is 2.51. The van der Waals surface area contributed by atoms with Crippen LogP contribution in [0.5, 0.6) is 0 Å². The number of pyridine rings is 1. The van der Waals surface area contributed by atoms with Crippen LogP contribution >= 0.6 is 0 Å². The molecule has 7 heteroatoms. The van der Waals surface area contributed by atoms with Crippen LogP contribution in [-0.2, 0) is 11.3 Å². The van der Waals surface area contributed by atoms with Gasteiger partial charge in [0, 0.05) is 19.2 Å². The van der Waals surface area contributed by atoms with Gasteiger partial charge in [-0.25, -0.2) is 9.97 Å². The summed E-state index contributed by atoms with van der Waals surface area (Å²) in [4.78, 5) is 22.9. The molecule has 1 fully saturated rings. The third kappa shape index (κ3) is 1.96. The first-order chi connectivity index (χ1) is 10.1. The molecule has 1 aliphatic carbocycles. The van der Waals surface area contributed by atoms with Gasteiger partial charge in [0.05, 0.1) is 12.2 Å². The number of carbonyl (C=O) groups is 1. The molecule has 0 unspecified atom stereocenters. The van der Waals surface area contributed by atoms with Gasteiger partial charge in [-0.1, -0.05) is 0 Å². The Morgan fingerprint density at radius 3 is 3.00 bits per heavy atom. The van der Waals surface area contributed by atoms with E-state index in [1.54, 1.807) is 10.9 Å². The van der Waals surface area contributed by atoms with E-state index in [9.17, 15) is 4.79 Å². The minimum atomic E-state index is 0.0948. The van der Waals surface area contributed by atoms with E-state index in [0.717, 1.165) is 35.9 Å². The predicted octanol–water partition coefficient (Wildman–Crippen LogP) is 1.27. The van der Waals surface area contributed by atoms with Crippen LogP contribution in [0.2, 0.25) is 0 Å². The fourth-order valence-electron chi connectivity index (χ4n) is 2.68. The van der Waals surface area contributed by atoms with Gasteiger partial charge < -0.3 is 10.2 Å². The summed E-state index contributed by atoms with van der Waals surface area (Å²) in [6.07, 6.45) is 3.67. The summed E-state index contributed by atoms with van der Waals surface area (Å²) in [5.74, 6) is 2.57.